The lowest BCUT2D eigenvalue weighted by atomic mass is 10.1. The first-order chi connectivity index (χ1) is 3.12. The summed E-state index contributed by atoms with van der Waals surface area (Å²) in [6, 6.07) is 0. The first-order valence-electron chi connectivity index (χ1n) is 2.22. The van der Waals surface area contributed by atoms with Crippen molar-refractivity contribution < 1.29 is 15.8 Å². The summed E-state index contributed by atoms with van der Waals surface area (Å²) in [6.45, 7) is 3.48. The molecule has 0 radical (unpaired) electrons. The summed E-state index contributed by atoms with van der Waals surface area (Å²) in [5.74, 6) is 0. The standard InChI is InChI=1S/C4H11NO2/c1-4(2,3-6)5-7/h5-7H,3H2,1-2H3/p+1. The molecular weight excluding hydrogens is 94.0 g/mol. The second-order valence-corrected chi connectivity index (χ2v) is 2.28. The summed E-state index contributed by atoms with van der Waals surface area (Å²) in [4.78, 5) is 0. The fourth-order valence-corrected chi connectivity index (χ4v) is 0.0408. The fraction of sp³-hybridized carbons (Fsp3) is 1.00. The van der Waals surface area contributed by atoms with Crippen molar-refractivity contribution in [2.45, 2.75) is 19.4 Å². The molecule has 0 aliphatic rings. The maximum absolute atomic E-state index is 8.40. The van der Waals surface area contributed by atoms with Gasteiger partial charge in [0.15, 0.2) is 0 Å². The highest BCUT2D eigenvalue weighted by Gasteiger charge is 2.17. The van der Waals surface area contributed by atoms with Crippen LogP contribution in [0.5, 0.6) is 0 Å². The highest BCUT2D eigenvalue weighted by atomic mass is 16.5. The third-order valence-electron chi connectivity index (χ3n) is 0.757. The van der Waals surface area contributed by atoms with Gasteiger partial charge < -0.3 is 5.11 Å². The molecule has 7 heavy (non-hydrogen) atoms. The fourth-order valence-electron chi connectivity index (χ4n) is 0.0408. The lowest BCUT2D eigenvalue weighted by molar-refractivity contribution is -0.931. The molecule has 0 atom stereocenters. The third kappa shape index (κ3) is 2.56. The molecule has 0 amide bonds. The molecule has 0 unspecified atom stereocenters. The molecule has 0 aromatic rings. The van der Waals surface area contributed by atoms with E-state index in [4.69, 9.17) is 10.3 Å². The van der Waals surface area contributed by atoms with E-state index in [0.717, 1.165) is 5.48 Å². The number of hydroxylamine groups is 1. The van der Waals surface area contributed by atoms with Crippen molar-refractivity contribution in [2.75, 3.05) is 6.61 Å². The van der Waals surface area contributed by atoms with E-state index in [-0.39, 0.29) is 6.61 Å². The van der Waals surface area contributed by atoms with Crippen LogP contribution in [0.4, 0.5) is 0 Å². The third-order valence-corrected chi connectivity index (χ3v) is 0.757. The van der Waals surface area contributed by atoms with Crippen LogP contribution in [0.25, 0.3) is 0 Å². The summed E-state index contributed by atoms with van der Waals surface area (Å²) in [5.41, 5.74) is 0.563. The monoisotopic (exact) mass is 106 g/mol. The lowest BCUT2D eigenvalue weighted by Gasteiger charge is -2.12. The van der Waals surface area contributed by atoms with Crippen LogP contribution in [-0.4, -0.2) is 22.5 Å². The number of hydrogen-bond acceptors (Lipinski definition) is 2. The van der Waals surface area contributed by atoms with Crippen LogP contribution < -0.4 is 5.48 Å². The van der Waals surface area contributed by atoms with E-state index in [1.54, 1.807) is 13.8 Å². The van der Waals surface area contributed by atoms with Gasteiger partial charge in [-0.3, -0.25) is 0 Å². The van der Waals surface area contributed by atoms with E-state index >= 15 is 0 Å². The minimum absolute atomic E-state index is 0.0104. The smallest absolute Gasteiger partial charge is 0.143 e. The van der Waals surface area contributed by atoms with Gasteiger partial charge >= 0.3 is 0 Å². The Morgan fingerprint density at radius 2 is 2.00 bits per heavy atom. The van der Waals surface area contributed by atoms with E-state index < -0.39 is 5.54 Å². The van der Waals surface area contributed by atoms with Crippen molar-refractivity contribution in [1.82, 2.24) is 0 Å². The molecule has 0 spiro atoms. The van der Waals surface area contributed by atoms with E-state index in [1.165, 1.54) is 0 Å². The average Bonchev–Trinajstić information content (AvgIpc) is 1.68. The molecule has 0 aliphatic heterocycles. The molecule has 0 bridgehead atoms. The van der Waals surface area contributed by atoms with E-state index in [9.17, 15) is 0 Å². The second-order valence-electron chi connectivity index (χ2n) is 2.28. The number of nitrogens with two attached hydrogens (primary N) is 1. The van der Waals surface area contributed by atoms with Crippen molar-refractivity contribution in [3.8, 4) is 0 Å². The molecule has 0 aromatic carbocycles. The summed E-state index contributed by atoms with van der Waals surface area (Å²) < 4.78 is 0. The quantitative estimate of drug-likeness (QED) is 0.384. The Morgan fingerprint density at radius 1 is 1.57 bits per heavy atom. The van der Waals surface area contributed by atoms with Gasteiger partial charge in [-0.1, -0.05) is 0 Å². The Labute approximate surface area is 42.9 Å². The normalized spacial score (nSPS) is 12.0. The molecule has 3 heteroatoms. The zero-order valence-corrected chi connectivity index (χ0v) is 4.68. The molecule has 0 aliphatic carbocycles. The van der Waals surface area contributed by atoms with Gasteiger partial charge in [-0.2, -0.15) is 5.48 Å². The van der Waals surface area contributed by atoms with Crippen LogP contribution in [0.1, 0.15) is 13.8 Å². The Morgan fingerprint density at radius 3 is 2.00 bits per heavy atom. The second kappa shape index (κ2) is 2.26. The highest BCUT2D eigenvalue weighted by Crippen LogP contribution is 1.87. The molecule has 4 N–H and O–H groups in total. The van der Waals surface area contributed by atoms with Crippen LogP contribution in [0.2, 0.25) is 0 Å². The predicted molar refractivity (Wildman–Crippen MR) is 24.9 cm³/mol. The van der Waals surface area contributed by atoms with E-state index in [1.807, 2.05) is 0 Å². The van der Waals surface area contributed by atoms with Crippen LogP contribution in [0.3, 0.4) is 0 Å². The molecule has 0 saturated carbocycles. The predicted octanol–water partition coefficient (Wildman–Crippen LogP) is -1.29. The zero-order valence-electron chi connectivity index (χ0n) is 4.68. The zero-order chi connectivity index (χ0) is 5.91. The summed E-state index contributed by atoms with van der Waals surface area (Å²) in [6.07, 6.45) is 0. The van der Waals surface area contributed by atoms with Crippen LogP contribution >= 0.6 is 0 Å². The van der Waals surface area contributed by atoms with Gasteiger partial charge in [0.05, 0.1) is 0 Å². The average molecular weight is 106 g/mol. The Kier molecular flexibility index (Phi) is 2.22. The van der Waals surface area contributed by atoms with E-state index in [2.05, 4.69) is 0 Å². The van der Waals surface area contributed by atoms with Gasteiger partial charge in [0.2, 0.25) is 0 Å². The Bertz CT molecular complexity index is 47.7. The van der Waals surface area contributed by atoms with Gasteiger partial charge in [-0.05, 0) is 13.8 Å². The minimum atomic E-state index is -0.431. The first-order valence-corrected chi connectivity index (χ1v) is 2.22. The van der Waals surface area contributed by atoms with Gasteiger partial charge in [0.1, 0.15) is 12.1 Å². The maximum Gasteiger partial charge on any atom is 0.143 e. The summed E-state index contributed by atoms with van der Waals surface area (Å²) in [5, 5.41) is 16.7. The number of hydrogen-bond donors (Lipinski definition) is 3. The van der Waals surface area contributed by atoms with Crippen LogP contribution in [0.15, 0.2) is 0 Å². The van der Waals surface area contributed by atoms with Gasteiger partial charge in [0.25, 0.3) is 0 Å². The molecule has 0 rings (SSSR count). The summed E-state index contributed by atoms with van der Waals surface area (Å²) in [7, 11) is 0. The Hall–Kier alpha value is -0.120. The minimum Gasteiger partial charge on any atom is -0.390 e. The van der Waals surface area contributed by atoms with Gasteiger partial charge in [-0.25, -0.2) is 5.21 Å². The molecule has 0 fully saturated rings. The number of aliphatic hydroxyl groups excluding tert-OH is 1. The summed E-state index contributed by atoms with van der Waals surface area (Å²) >= 11 is 0. The van der Waals surface area contributed by atoms with Gasteiger partial charge in [0, 0.05) is 0 Å². The topological polar surface area (TPSA) is 57.1 Å². The maximum atomic E-state index is 8.40. The molecule has 3 nitrogen and oxygen atoms in total. The van der Waals surface area contributed by atoms with Crippen molar-refractivity contribution in [2.24, 2.45) is 0 Å². The molecule has 44 valence electrons. The molecule has 0 aromatic heterocycles. The SMILES string of the molecule is CC(C)(CO)[NH2+]O. The largest absolute Gasteiger partial charge is 0.390 e. The number of quaternary nitrogens is 1. The van der Waals surface area contributed by atoms with E-state index in [0.29, 0.717) is 0 Å². The Balaban J connectivity index is 3.36. The van der Waals surface area contributed by atoms with Crippen LogP contribution in [-0.2, 0) is 0 Å². The van der Waals surface area contributed by atoms with Gasteiger partial charge in [-0.15, -0.1) is 0 Å². The molecule has 0 heterocycles. The lowest BCUT2D eigenvalue weighted by Crippen LogP contribution is -2.93. The van der Waals surface area contributed by atoms with Crippen LogP contribution in [0, 0.1) is 0 Å². The number of aliphatic hydroxyl groups is 1. The van der Waals surface area contributed by atoms with Crippen molar-refractivity contribution in [1.29, 1.82) is 0 Å². The van der Waals surface area contributed by atoms with Crippen molar-refractivity contribution in [3.05, 3.63) is 0 Å². The van der Waals surface area contributed by atoms with Crippen molar-refractivity contribution in [3.63, 3.8) is 0 Å². The molecular formula is C4H12NO2+. The molecule has 0 saturated heterocycles. The highest BCUT2D eigenvalue weighted by molar-refractivity contribution is 4.57. The van der Waals surface area contributed by atoms with Crippen molar-refractivity contribution >= 4 is 0 Å². The number of rotatable bonds is 2. The first kappa shape index (κ1) is 6.88.